The largest absolute Gasteiger partial charge is 0.480 e. The second kappa shape index (κ2) is 7.51. The number of nitro groups is 1. The van der Waals surface area contributed by atoms with Crippen molar-refractivity contribution in [1.29, 1.82) is 0 Å². The first-order chi connectivity index (χ1) is 10.6. The van der Waals surface area contributed by atoms with E-state index in [0.717, 1.165) is 0 Å². The second-order valence-electron chi connectivity index (χ2n) is 5.32. The number of benzene rings is 1. The van der Waals surface area contributed by atoms with Gasteiger partial charge in [-0.15, -0.1) is 0 Å². The molecule has 0 aliphatic heterocycles. The van der Waals surface area contributed by atoms with Crippen LogP contribution in [-0.4, -0.2) is 30.5 Å². The minimum atomic E-state index is -4.32. The average molecular weight is 344 g/mol. The van der Waals surface area contributed by atoms with E-state index in [9.17, 15) is 23.3 Å². The number of aliphatic carboxylic acids is 1. The molecule has 0 fully saturated rings. The number of hydrogen-bond donors (Lipinski definition) is 2. The summed E-state index contributed by atoms with van der Waals surface area (Å²) in [6, 6.07) is 1.04. The molecule has 1 rings (SSSR count). The quantitative estimate of drug-likeness (QED) is 0.549. The maximum absolute atomic E-state index is 12.4. The molecule has 0 aromatic heterocycles. The molecule has 0 saturated carbocycles. The van der Waals surface area contributed by atoms with Crippen LogP contribution in [0.4, 0.5) is 5.69 Å². The molecule has 0 amide bonds. The zero-order valence-electron chi connectivity index (χ0n) is 13.2. The highest BCUT2D eigenvalue weighted by molar-refractivity contribution is 7.89. The number of carbonyl (C=O) groups is 1. The summed E-state index contributed by atoms with van der Waals surface area (Å²) in [5, 5.41) is 20.2. The molecule has 0 aliphatic rings. The number of hydrogen-bond acceptors (Lipinski definition) is 5. The summed E-state index contributed by atoms with van der Waals surface area (Å²) in [4.78, 5) is 21.0. The predicted octanol–water partition coefficient (Wildman–Crippen LogP) is 2.13. The molecule has 0 heterocycles. The first-order valence-corrected chi connectivity index (χ1v) is 8.59. The van der Waals surface area contributed by atoms with E-state index in [1.54, 1.807) is 13.8 Å². The third kappa shape index (κ3) is 4.73. The van der Waals surface area contributed by atoms with E-state index < -0.39 is 37.5 Å². The molecule has 1 aromatic rings. The fourth-order valence-corrected chi connectivity index (χ4v) is 3.49. The molecule has 0 radical (unpaired) electrons. The Labute approximate surface area is 134 Å². The van der Waals surface area contributed by atoms with Crippen molar-refractivity contribution < 1.29 is 23.2 Å². The first-order valence-electron chi connectivity index (χ1n) is 7.11. The van der Waals surface area contributed by atoms with Crippen molar-refractivity contribution in [1.82, 2.24) is 4.72 Å². The molecule has 1 aromatic carbocycles. The molecule has 9 heteroatoms. The fourth-order valence-electron chi connectivity index (χ4n) is 2.02. The van der Waals surface area contributed by atoms with Gasteiger partial charge in [-0.25, -0.2) is 8.42 Å². The number of carboxylic acids is 1. The number of nitrogens with one attached hydrogen (secondary N) is 1. The maximum Gasteiger partial charge on any atom is 0.321 e. The van der Waals surface area contributed by atoms with E-state index in [-0.39, 0.29) is 6.42 Å². The lowest BCUT2D eigenvalue weighted by Crippen LogP contribution is -2.40. The summed E-state index contributed by atoms with van der Waals surface area (Å²) in [5.41, 5.74) is 0.577. The molecule has 0 spiro atoms. The Balaban J connectivity index is 3.29. The molecule has 0 saturated heterocycles. The highest BCUT2D eigenvalue weighted by atomic mass is 32.2. The summed E-state index contributed by atoms with van der Waals surface area (Å²) in [6.45, 7) is 5.11. The molecule has 0 bridgehead atoms. The van der Waals surface area contributed by atoms with Crippen LogP contribution < -0.4 is 4.72 Å². The zero-order chi connectivity index (χ0) is 17.8. The molecule has 23 heavy (non-hydrogen) atoms. The van der Waals surface area contributed by atoms with Crippen molar-refractivity contribution in [2.75, 3.05) is 0 Å². The summed E-state index contributed by atoms with van der Waals surface area (Å²) >= 11 is 0. The first kappa shape index (κ1) is 19.0. The molecule has 128 valence electrons. The molecule has 0 unspecified atom stereocenters. The van der Waals surface area contributed by atoms with Gasteiger partial charge in [0.1, 0.15) is 6.04 Å². The Morgan fingerprint density at radius 3 is 2.39 bits per heavy atom. The third-order valence-corrected chi connectivity index (χ3v) is 5.00. The van der Waals surface area contributed by atoms with Gasteiger partial charge < -0.3 is 5.11 Å². The van der Waals surface area contributed by atoms with E-state index >= 15 is 0 Å². The lowest BCUT2D eigenvalue weighted by atomic mass is 10.1. The van der Waals surface area contributed by atoms with Crippen molar-refractivity contribution in [2.45, 2.75) is 51.0 Å². The van der Waals surface area contributed by atoms with Crippen LogP contribution in [0, 0.1) is 24.0 Å². The van der Waals surface area contributed by atoms with Crippen LogP contribution in [0.1, 0.15) is 37.3 Å². The predicted molar refractivity (Wildman–Crippen MR) is 83.8 cm³/mol. The van der Waals surface area contributed by atoms with Gasteiger partial charge in [0.25, 0.3) is 5.69 Å². The number of rotatable bonds is 8. The smallest absolute Gasteiger partial charge is 0.321 e. The molecule has 0 aliphatic carbocycles. The van der Waals surface area contributed by atoms with E-state index in [1.807, 2.05) is 6.92 Å². The van der Waals surface area contributed by atoms with Gasteiger partial charge in [-0.05, 0) is 37.5 Å². The Hall–Kier alpha value is -2.00. The van der Waals surface area contributed by atoms with E-state index in [4.69, 9.17) is 5.11 Å². The van der Waals surface area contributed by atoms with Crippen molar-refractivity contribution in [2.24, 2.45) is 0 Å². The Bertz CT molecular complexity index is 714. The van der Waals surface area contributed by atoms with Crippen LogP contribution >= 0.6 is 0 Å². The van der Waals surface area contributed by atoms with Crippen molar-refractivity contribution in [3.8, 4) is 0 Å². The van der Waals surface area contributed by atoms with Crippen molar-refractivity contribution in [3.63, 3.8) is 0 Å². The Morgan fingerprint density at radius 1 is 1.35 bits per heavy atom. The standard InChI is InChI=1S/C14H20N2O6S/c1-4-5-6-11(14(17)18)15-23(21,22)13-8-10(3)9(2)7-12(13)16(19)20/h7-8,11,15H,4-6H2,1-3H3,(H,17,18)/t11-/m0/s1. The number of aryl methyl sites for hydroxylation is 2. The number of nitro benzene ring substituents is 1. The summed E-state index contributed by atoms with van der Waals surface area (Å²) in [7, 11) is -4.32. The summed E-state index contributed by atoms with van der Waals surface area (Å²) in [6.07, 6.45) is 1.34. The highest BCUT2D eigenvalue weighted by Gasteiger charge is 2.31. The highest BCUT2D eigenvalue weighted by Crippen LogP contribution is 2.27. The molecule has 2 N–H and O–H groups in total. The number of unbranched alkanes of at least 4 members (excludes halogenated alkanes) is 1. The van der Waals surface area contributed by atoms with Gasteiger partial charge in [0.2, 0.25) is 10.0 Å². The topological polar surface area (TPSA) is 127 Å². The van der Waals surface area contributed by atoms with Gasteiger partial charge in [-0.3, -0.25) is 14.9 Å². The number of carboxylic acid groups (broad SMARTS) is 1. The Kier molecular flexibility index (Phi) is 6.22. The summed E-state index contributed by atoms with van der Waals surface area (Å²) in [5.74, 6) is -1.31. The maximum atomic E-state index is 12.4. The molecular formula is C14H20N2O6S. The van der Waals surface area contributed by atoms with E-state index in [1.165, 1.54) is 12.1 Å². The SMILES string of the molecule is CCCC[C@H](NS(=O)(=O)c1cc(C)c(C)cc1[N+](=O)[O-])C(=O)O. The lowest BCUT2D eigenvalue weighted by Gasteiger charge is -2.15. The second-order valence-corrected chi connectivity index (χ2v) is 7.00. The molecule has 8 nitrogen and oxygen atoms in total. The number of nitrogens with zero attached hydrogens (tertiary/aromatic N) is 1. The van der Waals surface area contributed by atoms with Crippen LogP contribution in [0.2, 0.25) is 0 Å². The van der Waals surface area contributed by atoms with Crippen molar-refractivity contribution in [3.05, 3.63) is 33.4 Å². The molecular weight excluding hydrogens is 324 g/mol. The summed E-state index contributed by atoms with van der Waals surface area (Å²) < 4.78 is 26.9. The van der Waals surface area contributed by atoms with Crippen LogP contribution in [0.5, 0.6) is 0 Å². The fraction of sp³-hybridized carbons (Fsp3) is 0.500. The van der Waals surface area contributed by atoms with Crippen LogP contribution in [0.15, 0.2) is 17.0 Å². The van der Waals surface area contributed by atoms with Crippen LogP contribution in [0.25, 0.3) is 0 Å². The average Bonchev–Trinajstić information content (AvgIpc) is 2.45. The zero-order valence-corrected chi connectivity index (χ0v) is 14.0. The molecule has 1 atom stereocenters. The van der Waals surface area contributed by atoms with Gasteiger partial charge in [-0.1, -0.05) is 19.8 Å². The van der Waals surface area contributed by atoms with Gasteiger partial charge >= 0.3 is 5.97 Å². The van der Waals surface area contributed by atoms with Gasteiger partial charge in [0, 0.05) is 6.07 Å². The Morgan fingerprint density at radius 2 is 1.91 bits per heavy atom. The third-order valence-electron chi connectivity index (χ3n) is 3.50. The lowest BCUT2D eigenvalue weighted by molar-refractivity contribution is -0.387. The van der Waals surface area contributed by atoms with Gasteiger partial charge in [0.05, 0.1) is 4.92 Å². The van der Waals surface area contributed by atoms with Crippen LogP contribution in [-0.2, 0) is 14.8 Å². The normalized spacial score (nSPS) is 12.8. The minimum absolute atomic E-state index is 0.115. The van der Waals surface area contributed by atoms with Gasteiger partial charge in [-0.2, -0.15) is 4.72 Å². The van der Waals surface area contributed by atoms with E-state index in [2.05, 4.69) is 4.72 Å². The minimum Gasteiger partial charge on any atom is -0.480 e. The van der Waals surface area contributed by atoms with Crippen molar-refractivity contribution >= 4 is 21.7 Å². The van der Waals surface area contributed by atoms with E-state index in [0.29, 0.717) is 24.0 Å². The monoisotopic (exact) mass is 344 g/mol. The number of sulfonamides is 1. The van der Waals surface area contributed by atoms with Crippen LogP contribution in [0.3, 0.4) is 0 Å². The van der Waals surface area contributed by atoms with Gasteiger partial charge in [0.15, 0.2) is 4.90 Å².